The number of carbonyl (C=O) groups is 2. The van der Waals surface area contributed by atoms with Crippen molar-refractivity contribution in [3.63, 3.8) is 0 Å². The first kappa shape index (κ1) is 18.4. The van der Waals surface area contributed by atoms with Crippen molar-refractivity contribution in [3.8, 4) is 16.8 Å². The topological polar surface area (TPSA) is 90.0 Å². The van der Waals surface area contributed by atoms with Crippen LogP contribution in [0.15, 0.2) is 53.3 Å². The third kappa shape index (κ3) is 3.60. The van der Waals surface area contributed by atoms with Crippen molar-refractivity contribution in [2.45, 2.75) is 0 Å². The molecular formula is C17H11BrCl2N4O2. The van der Waals surface area contributed by atoms with E-state index in [-0.39, 0.29) is 15.6 Å². The standard InChI is InChI=1S/C17H11BrCl2N4O2/c18-10-7-22-24(8-10)15-12(19)6-11(16(25)23-17(21)26)14(20)13(15)9-4-2-1-3-5-9/h1-8H,(H3,21,23,25,26). The number of hydrogen-bond donors (Lipinski definition) is 2. The molecule has 132 valence electrons. The van der Waals surface area contributed by atoms with Crippen LogP contribution < -0.4 is 11.1 Å². The summed E-state index contributed by atoms with van der Waals surface area (Å²) in [4.78, 5) is 23.3. The van der Waals surface area contributed by atoms with Crippen LogP contribution in [0.5, 0.6) is 0 Å². The van der Waals surface area contributed by atoms with Gasteiger partial charge in [-0.1, -0.05) is 53.5 Å². The van der Waals surface area contributed by atoms with Gasteiger partial charge in [-0.15, -0.1) is 0 Å². The minimum Gasteiger partial charge on any atom is -0.351 e. The molecule has 0 unspecified atom stereocenters. The molecule has 0 aliphatic carbocycles. The highest BCUT2D eigenvalue weighted by molar-refractivity contribution is 9.10. The Morgan fingerprint density at radius 3 is 2.46 bits per heavy atom. The van der Waals surface area contributed by atoms with Crippen LogP contribution in [-0.2, 0) is 0 Å². The number of nitrogens with one attached hydrogen (secondary N) is 1. The highest BCUT2D eigenvalue weighted by Crippen LogP contribution is 2.40. The van der Waals surface area contributed by atoms with E-state index in [2.05, 4.69) is 21.0 Å². The molecule has 3 amide bonds. The zero-order valence-corrected chi connectivity index (χ0v) is 16.1. The van der Waals surface area contributed by atoms with Gasteiger partial charge in [-0.3, -0.25) is 10.1 Å². The minimum absolute atomic E-state index is 0.0318. The number of halogens is 3. The number of carbonyl (C=O) groups excluding carboxylic acids is 2. The fourth-order valence-corrected chi connectivity index (χ4v) is 3.39. The van der Waals surface area contributed by atoms with Crippen molar-refractivity contribution in [1.29, 1.82) is 0 Å². The Balaban J connectivity index is 2.30. The van der Waals surface area contributed by atoms with Crippen LogP contribution in [0.4, 0.5) is 4.79 Å². The quantitative estimate of drug-likeness (QED) is 0.615. The average Bonchev–Trinajstić information content (AvgIpc) is 3.02. The van der Waals surface area contributed by atoms with Crippen molar-refractivity contribution in [2.75, 3.05) is 0 Å². The molecule has 1 heterocycles. The van der Waals surface area contributed by atoms with Gasteiger partial charge in [0.05, 0.1) is 32.0 Å². The molecule has 6 nitrogen and oxygen atoms in total. The van der Waals surface area contributed by atoms with E-state index in [1.165, 1.54) is 6.07 Å². The van der Waals surface area contributed by atoms with Gasteiger partial charge in [-0.25, -0.2) is 9.48 Å². The lowest BCUT2D eigenvalue weighted by Crippen LogP contribution is -2.35. The van der Waals surface area contributed by atoms with Gasteiger partial charge < -0.3 is 5.73 Å². The van der Waals surface area contributed by atoms with E-state index in [0.717, 1.165) is 10.0 Å². The number of aromatic nitrogens is 2. The largest absolute Gasteiger partial charge is 0.351 e. The molecule has 0 aliphatic rings. The molecule has 3 rings (SSSR count). The number of nitrogens with zero attached hydrogens (tertiary/aromatic N) is 2. The molecule has 0 fully saturated rings. The second-order valence-corrected chi connectivity index (χ2v) is 6.93. The van der Waals surface area contributed by atoms with Gasteiger partial charge in [0, 0.05) is 11.8 Å². The molecule has 9 heteroatoms. The summed E-state index contributed by atoms with van der Waals surface area (Å²) in [6, 6.07) is 9.57. The molecule has 0 saturated heterocycles. The van der Waals surface area contributed by atoms with Gasteiger partial charge in [0.2, 0.25) is 0 Å². The summed E-state index contributed by atoms with van der Waals surface area (Å²) in [5, 5.41) is 6.61. The molecule has 1 aromatic heterocycles. The van der Waals surface area contributed by atoms with E-state index in [4.69, 9.17) is 28.9 Å². The highest BCUT2D eigenvalue weighted by atomic mass is 79.9. The fourth-order valence-electron chi connectivity index (χ4n) is 2.48. The monoisotopic (exact) mass is 452 g/mol. The SMILES string of the molecule is NC(=O)NC(=O)c1cc(Cl)c(-n2cc(Br)cn2)c(-c2ccccc2)c1Cl. The molecule has 0 saturated carbocycles. The first-order chi connectivity index (χ1) is 12.4. The van der Waals surface area contributed by atoms with Gasteiger partial charge in [0.1, 0.15) is 0 Å². The molecule has 0 radical (unpaired) electrons. The number of imide groups is 1. The van der Waals surface area contributed by atoms with E-state index in [9.17, 15) is 9.59 Å². The van der Waals surface area contributed by atoms with Gasteiger partial charge in [0.25, 0.3) is 5.91 Å². The molecular weight excluding hydrogens is 443 g/mol. The zero-order valence-electron chi connectivity index (χ0n) is 13.0. The third-order valence-electron chi connectivity index (χ3n) is 3.51. The summed E-state index contributed by atoms with van der Waals surface area (Å²) in [6.07, 6.45) is 3.32. The van der Waals surface area contributed by atoms with E-state index < -0.39 is 11.9 Å². The smallest absolute Gasteiger partial charge is 0.319 e. The zero-order chi connectivity index (χ0) is 18.8. The van der Waals surface area contributed by atoms with Crippen LogP contribution >= 0.6 is 39.1 Å². The van der Waals surface area contributed by atoms with Crippen molar-refractivity contribution < 1.29 is 9.59 Å². The summed E-state index contributed by atoms with van der Waals surface area (Å²) >= 11 is 16.3. The third-order valence-corrected chi connectivity index (χ3v) is 4.60. The van der Waals surface area contributed by atoms with E-state index in [0.29, 0.717) is 11.3 Å². The second kappa shape index (κ2) is 7.49. The number of hydrogen-bond acceptors (Lipinski definition) is 3. The maximum absolute atomic E-state index is 12.3. The second-order valence-electron chi connectivity index (χ2n) is 5.23. The van der Waals surface area contributed by atoms with Crippen molar-refractivity contribution in [2.24, 2.45) is 5.73 Å². The molecule has 3 N–H and O–H groups in total. The fraction of sp³-hybridized carbons (Fsp3) is 0. The Labute approximate surface area is 167 Å². The maximum atomic E-state index is 12.3. The lowest BCUT2D eigenvalue weighted by atomic mass is 10.00. The number of nitrogens with two attached hydrogens (primary N) is 1. The van der Waals surface area contributed by atoms with Crippen LogP contribution in [0.25, 0.3) is 16.8 Å². The first-order valence-electron chi connectivity index (χ1n) is 7.27. The van der Waals surface area contributed by atoms with Crippen LogP contribution in [0.3, 0.4) is 0 Å². The highest BCUT2D eigenvalue weighted by Gasteiger charge is 2.23. The average molecular weight is 454 g/mol. The molecule has 0 aliphatic heterocycles. The van der Waals surface area contributed by atoms with Crippen molar-refractivity contribution >= 4 is 51.1 Å². The lowest BCUT2D eigenvalue weighted by molar-refractivity contribution is 0.0966. The predicted octanol–water partition coefficient (Wildman–Crippen LogP) is 4.42. The Hall–Kier alpha value is -2.35. The molecule has 0 spiro atoms. The Kier molecular flexibility index (Phi) is 5.31. The molecule has 0 bridgehead atoms. The summed E-state index contributed by atoms with van der Waals surface area (Å²) in [5.41, 5.74) is 6.80. The van der Waals surface area contributed by atoms with E-state index in [1.54, 1.807) is 17.1 Å². The lowest BCUT2D eigenvalue weighted by Gasteiger charge is -2.17. The number of benzene rings is 2. The molecule has 26 heavy (non-hydrogen) atoms. The van der Waals surface area contributed by atoms with Gasteiger partial charge in [-0.2, -0.15) is 5.10 Å². The minimum atomic E-state index is -0.983. The summed E-state index contributed by atoms with van der Waals surface area (Å²) in [7, 11) is 0. The van der Waals surface area contributed by atoms with Gasteiger partial charge in [0.15, 0.2) is 0 Å². The predicted molar refractivity (Wildman–Crippen MR) is 104 cm³/mol. The maximum Gasteiger partial charge on any atom is 0.319 e. The molecule has 3 aromatic rings. The van der Waals surface area contributed by atoms with Crippen molar-refractivity contribution in [1.82, 2.24) is 15.1 Å². The van der Waals surface area contributed by atoms with Crippen molar-refractivity contribution in [3.05, 3.63) is 68.9 Å². The Bertz CT molecular complexity index is 1010. The summed E-state index contributed by atoms with van der Waals surface area (Å²) < 4.78 is 2.30. The normalized spacial score (nSPS) is 10.6. The van der Waals surface area contributed by atoms with Crippen LogP contribution in [0.1, 0.15) is 10.4 Å². The Morgan fingerprint density at radius 1 is 1.19 bits per heavy atom. The molecule has 2 aromatic carbocycles. The van der Waals surface area contributed by atoms with Crippen LogP contribution in [-0.4, -0.2) is 21.7 Å². The van der Waals surface area contributed by atoms with E-state index >= 15 is 0 Å². The summed E-state index contributed by atoms with van der Waals surface area (Å²) in [5.74, 6) is -0.741. The van der Waals surface area contributed by atoms with Crippen LogP contribution in [0, 0.1) is 0 Å². The van der Waals surface area contributed by atoms with Crippen LogP contribution in [0.2, 0.25) is 10.0 Å². The summed E-state index contributed by atoms with van der Waals surface area (Å²) in [6.45, 7) is 0. The van der Waals surface area contributed by atoms with Gasteiger partial charge >= 0.3 is 6.03 Å². The number of urea groups is 1. The number of rotatable bonds is 3. The number of primary amides is 1. The van der Waals surface area contributed by atoms with Gasteiger partial charge in [-0.05, 0) is 27.6 Å². The number of amides is 3. The molecule has 0 atom stereocenters. The Morgan fingerprint density at radius 2 is 1.88 bits per heavy atom. The first-order valence-corrected chi connectivity index (χ1v) is 8.82. The van der Waals surface area contributed by atoms with E-state index in [1.807, 2.05) is 35.6 Å².